The standard InChI is InChI=1S/C10H17NS/c1-3-5-7-9-10(6-4-2)12-8-11-9/h8H,3-7H2,1-2H3. The fourth-order valence-electron chi connectivity index (χ4n) is 1.27. The summed E-state index contributed by atoms with van der Waals surface area (Å²) in [5, 5.41) is 0. The summed E-state index contributed by atoms with van der Waals surface area (Å²) in [6, 6.07) is 0. The van der Waals surface area contributed by atoms with Gasteiger partial charge in [0.05, 0.1) is 11.2 Å². The first-order valence-electron chi connectivity index (χ1n) is 4.79. The van der Waals surface area contributed by atoms with Crippen molar-refractivity contribution in [3.05, 3.63) is 16.1 Å². The Morgan fingerprint density at radius 1 is 1.25 bits per heavy atom. The van der Waals surface area contributed by atoms with Gasteiger partial charge in [0.1, 0.15) is 0 Å². The number of hydrogen-bond acceptors (Lipinski definition) is 2. The molecule has 1 aromatic rings. The molecular weight excluding hydrogens is 166 g/mol. The van der Waals surface area contributed by atoms with Crippen LogP contribution < -0.4 is 0 Å². The maximum absolute atomic E-state index is 4.39. The Morgan fingerprint density at radius 2 is 2.08 bits per heavy atom. The molecule has 1 nitrogen and oxygen atoms in total. The molecule has 1 heterocycles. The number of nitrogens with zero attached hydrogens (tertiary/aromatic N) is 1. The fraction of sp³-hybridized carbons (Fsp3) is 0.700. The van der Waals surface area contributed by atoms with Crippen molar-refractivity contribution in [3.8, 4) is 0 Å². The lowest BCUT2D eigenvalue weighted by molar-refractivity contribution is 0.768. The van der Waals surface area contributed by atoms with E-state index in [0.29, 0.717) is 0 Å². The van der Waals surface area contributed by atoms with Gasteiger partial charge in [0.2, 0.25) is 0 Å². The summed E-state index contributed by atoms with van der Waals surface area (Å²) in [5.74, 6) is 0. The molecule has 12 heavy (non-hydrogen) atoms. The Kier molecular flexibility index (Phi) is 4.30. The average molecular weight is 183 g/mol. The number of aryl methyl sites for hydroxylation is 2. The maximum Gasteiger partial charge on any atom is 0.0797 e. The molecule has 0 amide bonds. The molecule has 0 radical (unpaired) electrons. The second kappa shape index (κ2) is 5.31. The lowest BCUT2D eigenvalue weighted by Gasteiger charge is -1.98. The first-order chi connectivity index (χ1) is 5.88. The Hall–Kier alpha value is -0.370. The minimum atomic E-state index is 1.18. The monoisotopic (exact) mass is 183 g/mol. The topological polar surface area (TPSA) is 12.9 Å². The Balaban J connectivity index is 2.51. The van der Waals surface area contributed by atoms with E-state index in [-0.39, 0.29) is 0 Å². The second-order valence-electron chi connectivity index (χ2n) is 3.08. The van der Waals surface area contributed by atoms with E-state index >= 15 is 0 Å². The van der Waals surface area contributed by atoms with Crippen molar-refractivity contribution in [2.75, 3.05) is 0 Å². The van der Waals surface area contributed by atoms with Gasteiger partial charge in [-0.3, -0.25) is 0 Å². The van der Waals surface area contributed by atoms with Crippen molar-refractivity contribution >= 4 is 11.3 Å². The van der Waals surface area contributed by atoms with Crippen LogP contribution in [0.4, 0.5) is 0 Å². The third-order valence-electron chi connectivity index (χ3n) is 1.97. The van der Waals surface area contributed by atoms with E-state index in [1.54, 1.807) is 0 Å². The number of thiazole rings is 1. The summed E-state index contributed by atoms with van der Waals surface area (Å²) in [5.41, 5.74) is 3.33. The highest BCUT2D eigenvalue weighted by Crippen LogP contribution is 2.17. The average Bonchev–Trinajstić information content (AvgIpc) is 2.50. The van der Waals surface area contributed by atoms with Crippen LogP contribution in [0.1, 0.15) is 43.7 Å². The molecule has 0 aliphatic heterocycles. The minimum absolute atomic E-state index is 1.18. The van der Waals surface area contributed by atoms with Gasteiger partial charge in [0.15, 0.2) is 0 Å². The zero-order chi connectivity index (χ0) is 8.81. The highest BCUT2D eigenvalue weighted by molar-refractivity contribution is 7.09. The number of rotatable bonds is 5. The van der Waals surface area contributed by atoms with Gasteiger partial charge in [-0.2, -0.15) is 0 Å². The molecule has 0 spiro atoms. The normalized spacial score (nSPS) is 10.5. The van der Waals surface area contributed by atoms with Crippen molar-refractivity contribution in [2.24, 2.45) is 0 Å². The SMILES string of the molecule is CCCCc1ncsc1CCC. The Bertz CT molecular complexity index is 217. The molecule has 0 atom stereocenters. The highest BCUT2D eigenvalue weighted by atomic mass is 32.1. The molecule has 0 saturated heterocycles. The van der Waals surface area contributed by atoms with Gasteiger partial charge in [0.25, 0.3) is 0 Å². The predicted molar refractivity (Wildman–Crippen MR) is 54.7 cm³/mol. The van der Waals surface area contributed by atoms with Crippen LogP contribution in [0.25, 0.3) is 0 Å². The second-order valence-corrected chi connectivity index (χ2v) is 4.02. The van der Waals surface area contributed by atoms with Crippen LogP contribution in [0.3, 0.4) is 0 Å². The number of unbranched alkanes of at least 4 members (excludes halogenated alkanes) is 1. The first-order valence-corrected chi connectivity index (χ1v) is 5.67. The summed E-state index contributed by atoms with van der Waals surface area (Å²) in [6.07, 6.45) is 6.17. The third-order valence-corrected chi connectivity index (χ3v) is 2.90. The zero-order valence-electron chi connectivity index (χ0n) is 7.97. The van der Waals surface area contributed by atoms with Gasteiger partial charge in [-0.15, -0.1) is 11.3 Å². The fourth-order valence-corrected chi connectivity index (χ4v) is 2.19. The summed E-state index contributed by atoms with van der Waals surface area (Å²) >= 11 is 1.81. The minimum Gasteiger partial charge on any atom is -0.249 e. The molecule has 2 heteroatoms. The van der Waals surface area contributed by atoms with E-state index in [1.165, 1.54) is 42.7 Å². The molecule has 0 aliphatic rings. The zero-order valence-corrected chi connectivity index (χ0v) is 8.78. The summed E-state index contributed by atoms with van der Waals surface area (Å²) < 4.78 is 0. The highest BCUT2D eigenvalue weighted by Gasteiger charge is 2.03. The van der Waals surface area contributed by atoms with Crippen LogP contribution in [0.5, 0.6) is 0 Å². The van der Waals surface area contributed by atoms with E-state index < -0.39 is 0 Å². The quantitative estimate of drug-likeness (QED) is 0.681. The van der Waals surface area contributed by atoms with Crippen molar-refractivity contribution in [1.82, 2.24) is 4.98 Å². The van der Waals surface area contributed by atoms with Crippen LogP contribution in [-0.2, 0) is 12.8 Å². The molecule has 68 valence electrons. The van der Waals surface area contributed by atoms with Gasteiger partial charge in [-0.05, 0) is 19.3 Å². The molecule has 0 aliphatic carbocycles. The molecule has 1 aromatic heterocycles. The molecule has 0 unspecified atom stereocenters. The van der Waals surface area contributed by atoms with Crippen LogP contribution in [-0.4, -0.2) is 4.98 Å². The molecule has 0 bridgehead atoms. The number of hydrogen-bond donors (Lipinski definition) is 0. The van der Waals surface area contributed by atoms with Crippen molar-refractivity contribution in [1.29, 1.82) is 0 Å². The smallest absolute Gasteiger partial charge is 0.0797 e. The van der Waals surface area contributed by atoms with E-state index in [0.717, 1.165) is 0 Å². The first kappa shape index (κ1) is 9.72. The van der Waals surface area contributed by atoms with Gasteiger partial charge in [0, 0.05) is 4.88 Å². The van der Waals surface area contributed by atoms with Crippen molar-refractivity contribution in [2.45, 2.75) is 46.0 Å². The van der Waals surface area contributed by atoms with Gasteiger partial charge < -0.3 is 0 Å². The van der Waals surface area contributed by atoms with Gasteiger partial charge in [-0.25, -0.2) is 4.98 Å². The van der Waals surface area contributed by atoms with Crippen LogP contribution in [0.15, 0.2) is 5.51 Å². The van der Waals surface area contributed by atoms with E-state index in [4.69, 9.17) is 0 Å². The van der Waals surface area contributed by atoms with Crippen LogP contribution in [0, 0.1) is 0 Å². The maximum atomic E-state index is 4.39. The third kappa shape index (κ3) is 2.59. The summed E-state index contributed by atoms with van der Waals surface area (Å²) in [4.78, 5) is 5.90. The van der Waals surface area contributed by atoms with Gasteiger partial charge in [-0.1, -0.05) is 26.7 Å². The number of aromatic nitrogens is 1. The lowest BCUT2D eigenvalue weighted by Crippen LogP contribution is -1.90. The lowest BCUT2D eigenvalue weighted by atomic mass is 10.1. The van der Waals surface area contributed by atoms with Crippen LogP contribution in [0.2, 0.25) is 0 Å². The molecule has 1 rings (SSSR count). The molecular formula is C10H17NS. The molecule has 0 aromatic carbocycles. The summed E-state index contributed by atoms with van der Waals surface area (Å²) in [7, 11) is 0. The van der Waals surface area contributed by atoms with E-state index in [1.807, 2.05) is 16.8 Å². The van der Waals surface area contributed by atoms with Crippen LogP contribution >= 0.6 is 11.3 Å². The van der Waals surface area contributed by atoms with Crippen molar-refractivity contribution < 1.29 is 0 Å². The Labute approximate surface area is 78.8 Å². The van der Waals surface area contributed by atoms with Gasteiger partial charge >= 0.3 is 0 Å². The van der Waals surface area contributed by atoms with E-state index in [9.17, 15) is 0 Å². The molecule has 0 saturated carbocycles. The molecule has 0 N–H and O–H groups in total. The van der Waals surface area contributed by atoms with Crippen molar-refractivity contribution in [3.63, 3.8) is 0 Å². The predicted octanol–water partition coefficient (Wildman–Crippen LogP) is 3.44. The Morgan fingerprint density at radius 3 is 2.75 bits per heavy atom. The summed E-state index contributed by atoms with van der Waals surface area (Å²) in [6.45, 7) is 4.45. The molecule has 0 fully saturated rings. The largest absolute Gasteiger partial charge is 0.249 e. The van der Waals surface area contributed by atoms with E-state index in [2.05, 4.69) is 18.8 Å².